The van der Waals surface area contributed by atoms with Crippen LogP contribution < -0.4 is 5.56 Å². The van der Waals surface area contributed by atoms with E-state index in [0.29, 0.717) is 36.3 Å². The Labute approximate surface area is 188 Å². The quantitative estimate of drug-likeness (QED) is 0.528. The van der Waals surface area contributed by atoms with Crippen molar-refractivity contribution < 1.29 is 9.53 Å². The Morgan fingerprint density at radius 3 is 2.66 bits per heavy atom. The third-order valence-electron chi connectivity index (χ3n) is 6.00. The summed E-state index contributed by atoms with van der Waals surface area (Å²) in [7, 11) is 0. The predicted octanol–water partition coefficient (Wildman–Crippen LogP) is 4.07. The second kappa shape index (κ2) is 9.92. The highest BCUT2D eigenvalue weighted by molar-refractivity contribution is 5.89. The van der Waals surface area contributed by atoms with E-state index in [1.165, 1.54) is 4.40 Å². The number of fused-ring (bicyclic) bond motifs is 2. The maximum absolute atomic E-state index is 13.3. The van der Waals surface area contributed by atoms with Gasteiger partial charge in [-0.05, 0) is 61.7 Å². The van der Waals surface area contributed by atoms with Crippen LogP contribution in [0.1, 0.15) is 53.9 Å². The Morgan fingerprint density at radius 1 is 1.12 bits per heavy atom. The van der Waals surface area contributed by atoms with Gasteiger partial charge in [-0.15, -0.1) is 0 Å². The Hall–Kier alpha value is -3.25. The van der Waals surface area contributed by atoms with Gasteiger partial charge in [0.05, 0.1) is 11.3 Å². The van der Waals surface area contributed by atoms with Crippen molar-refractivity contribution in [1.82, 2.24) is 14.3 Å². The number of esters is 1. The average molecular weight is 432 g/mol. The molecule has 6 nitrogen and oxygen atoms in total. The molecule has 0 atom stereocenters. The number of hydrogen-bond acceptors (Lipinski definition) is 5. The molecule has 1 aromatic carbocycles. The summed E-state index contributed by atoms with van der Waals surface area (Å²) in [6.07, 6.45) is 6.15. The van der Waals surface area contributed by atoms with Crippen LogP contribution in [0.3, 0.4) is 0 Å². The van der Waals surface area contributed by atoms with Crippen molar-refractivity contribution in [1.29, 1.82) is 0 Å². The average Bonchev–Trinajstić information content (AvgIpc) is 2.83. The summed E-state index contributed by atoms with van der Waals surface area (Å²) in [5, 5.41) is 0. The fraction of sp³-hybridized carbons (Fsp3) is 0.346. The minimum absolute atomic E-state index is 0.110. The van der Waals surface area contributed by atoms with Gasteiger partial charge in [0.25, 0.3) is 5.56 Å². The molecule has 0 aliphatic heterocycles. The summed E-state index contributed by atoms with van der Waals surface area (Å²) < 4.78 is 6.90. The number of carbonyl (C=O) groups excluding carboxylic acids is 1. The van der Waals surface area contributed by atoms with E-state index < -0.39 is 5.97 Å². The van der Waals surface area contributed by atoms with Gasteiger partial charge in [0.15, 0.2) is 0 Å². The van der Waals surface area contributed by atoms with Crippen molar-refractivity contribution >= 4 is 23.3 Å². The highest BCUT2D eigenvalue weighted by Gasteiger charge is 2.21. The molecule has 0 bridgehead atoms. The molecule has 0 amide bonds. The number of nitrogens with zero attached hydrogens (tertiary/aromatic N) is 3. The number of allylic oxidation sites excluding steroid dienone is 1. The monoisotopic (exact) mass is 431 g/mol. The highest BCUT2D eigenvalue weighted by atomic mass is 16.5. The van der Waals surface area contributed by atoms with Gasteiger partial charge in [-0.25, -0.2) is 9.78 Å². The molecule has 0 fully saturated rings. The summed E-state index contributed by atoms with van der Waals surface area (Å²) in [6.45, 7) is 7.00. The normalized spacial score (nSPS) is 14.7. The smallest absolute Gasteiger partial charge is 0.339 e. The highest BCUT2D eigenvalue weighted by Crippen LogP contribution is 2.29. The molecule has 0 radical (unpaired) electrons. The Morgan fingerprint density at radius 2 is 1.91 bits per heavy atom. The molecule has 4 rings (SSSR count). The van der Waals surface area contributed by atoms with Gasteiger partial charge in [-0.3, -0.25) is 9.20 Å². The third-order valence-corrected chi connectivity index (χ3v) is 6.00. The molecule has 3 aromatic rings. The van der Waals surface area contributed by atoms with Crippen LogP contribution in [-0.2, 0) is 11.2 Å². The van der Waals surface area contributed by atoms with E-state index in [2.05, 4.69) is 24.8 Å². The molecule has 2 aromatic heterocycles. The number of rotatable bonds is 7. The van der Waals surface area contributed by atoms with Crippen LogP contribution in [0.2, 0.25) is 0 Å². The van der Waals surface area contributed by atoms with E-state index in [4.69, 9.17) is 9.72 Å². The summed E-state index contributed by atoms with van der Waals surface area (Å²) in [5.74, 6) is -0.423. The lowest BCUT2D eigenvalue weighted by Crippen LogP contribution is -2.28. The van der Waals surface area contributed by atoms with E-state index in [9.17, 15) is 9.59 Å². The molecular formula is C26H29N3O3. The number of benzene rings is 1. The van der Waals surface area contributed by atoms with Crippen LogP contribution in [0.15, 0.2) is 53.5 Å². The molecule has 0 N–H and O–H groups in total. The second-order valence-corrected chi connectivity index (χ2v) is 7.99. The zero-order chi connectivity index (χ0) is 22.5. The van der Waals surface area contributed by atoms with Crippen molar-refractivity contribution in [3.63, 3.8) is 0 Å². The first-order valence-corrected chi connectivity index (χ1v) is 11.3. The van der Waals surface area contributed by atoms with Crippen molar-refractivity contribution in [3.8, 4) is 0 Å². The molecule has 1 aliphatic rings. The lowest BCUT2D eigenvalue weighted by Gasteiger charge is -2.19. The maximum Gasteiger partial charge on any atom is 0.339 e. The first-order chi connectivity index (χ1) is 15.6. The lowest BCUT2D eigenvalue weighted by atomic mass is 9.91. The summed E-state index contributed by atoms with van der Waals surface area (Å²) in [6, 6.07) is 13.5. The van der Waals surface area contributed by atoms with Crippen molar-refractivity contribution in [2.24, 2.45) is 0 Å². The van der Waals surface area contributed by atoms with E-state index in [1.807, 2.05) is 30.3 Å². The molecule has 1 aliphatic carbocycles. The fourth-order valence-corrected chi connectivity index (χ4v) is 4.14. The van der Waals surface area contributed by atoms with Gasteiger partial charge in [-0.2, -0.15) is 0 Å². The second-order valence-electron chi connectivity index (χ2n) is 7.99. The largest absolute Gasteiger partial charge is 0.461 e. The summed E-state index contributed by atoms with van der Waals surface area (Å²) in [4.78, 5) is 32.8. The number of aromatic nitrogens is 2. The van der Waals surface area contributed by atoms with Crippen LogP contribution in [0, 0.1) is 0 Å². The Balaban J connectivity index is 1.63. The minimum atomic E-state index is -0.423. The van der Waals surface area contributed by atoms with Crippen LogP contribution in [-0.4, -0.2) is 46.5 Å². The molecule has 0 saturated heterocycles. The molecule has 2 heterocycles. The van der Waals surface area contributed by atoms with Crippen LogP contribution in [0.4, 0.5) is 0 Å². The van der Waals surface area contributed by atoms with E-state index in [-0.39, 0.29) is 5.56 Å². The number of pyridine rings is 1. The zero-order valence-electron chi connectivity index (χ0n) is 18.7. The van der Waals surface area contributed by atoms with Crippen LogP contribution >= 0.6 is 0 Å². The SMILES string of the molecule is CCN(CC)CCOC(=O)c1ccc2nc3c(c(=O)n2c1)CCCC3=Cc1ccccc1. The van der Waals surface area contributed by atoms with Crippen LogP contribution in [0.5, 0.6) is 0 Å². The first-order valence-electron chi connectivity index (χ1n) is 11.3. The minimum Gasteiger partial charge on any atom is -0.461 e. The predicted molar refractivity (Wildman–Crippen MR) is 127 cm³/mol. The van der Waals surface area contributed by atoms with Gasteiger partial charge in [0.1, 0.15) is 12.3 Å². The van der Waals surface area contributed by atoms with Gasteiger partial charge < -0.3 is 9.64 Å². The standard InChI is InChI=1S/C26H29N3O3/c1-3-28(4-2)15-16-32-26(31)21-13-14-23-27-24-20(17-19-9-6-5-7-10-19)11-8-12-22(24)25(30)29(23)18-21/h5-7,9-10,13-14,17-18H,3-4,8,11-12,15-16H2,1-2H3. The molecule has 0 unspecified atom stereocenters. The Kier molecular flexibility index (Phi) is 6.81. The molecule has 32 heavy (non-hydrogen) atoms. The van der Waals surface area contributed by atoms with E-state index in [0.717, 1.165) is 42.8 Å². The van der Waals surface area contributed by atoms with Crippen molar-refractivity contribution in [2.45, 2.75) is 33.1 Å². The van der Waals surface area contributed by atoms with Crippen LogP contribution in [0.25, 0.3) is 17.3 Å². The Bertz CT molecular complexity index is 1190. The maximum atomic E-state index is 13.3. The molecular weight excluding hydrogens is 402 g/mol. The summed E-state index contributed by atoms with van der Waals surface area (Å²) in [5.41, 5.74) is 4.45. The lowest BCUT2D eigenvalue weighted by molar-refractivity contribution is 0.0466. The van der Waals surface area contributed by atoms with Crippen molar-refractivity contribution in [3.05, 3.63) is 81.4 Å². The zero-order valence-corrected chi connectivity index (χ0v) is 18.7. The molecule has 6 heteroatoms. The van der Waals surface area contributed by atoms with E-state index in [1.54, 1.807) is 18.3 Å². The molecule has 0 saturated carbocycles. The topological polar surface area (TPSA) is 63.9 Å². The van der Waals surface area contributed by atoms with Gasteiger partial charge >= 0.3 is 5.97 Å². The number of hydrogen-bond donors (Lipinski definition) is 0. The van der Waals surface area contributed by atoms with E-state index >= 15 is 0 Å². The van der Waals surface area contributed by atoms with Crippen molar-refractivity contribution in [2.75, 3.05) is 26.2 Å². The molecule has 0 spiro atoms. The molecule has 166 valence electrons. The number of ether oxygens (including phenoxy) is 1. The van der Waals surface area contributed by atoms with Gasteiger partial charge in [0, 0.05) is 18.3 Å². The third kappa shape index (κ3) is 4.65. The van der Waals surface area contributed by atoms with Gasteiger partial charge in [-0.1, -0.05) is 44.2 Å². The van der Waals surface area contributed by atoms with Gasteiger partial charge in [0.2, 0.25) is 0 Å². The fourth-order valence-electron chi connectivity index (χ4n) is 4.14. The summed E-state index contributed by atoms with van der Waals surface area (Å²) >= 11 is 0. The first kappa shape index (κ1) is 22.0. The number of likely N-dealkylation sites (N-methyl/N-ethyl adjacent to an activating group) is 1. The number of carbonyl (C=O) groups is 1.